The van der Waals surface area contributed by atoms with Gasteiger partial charge < -0.3 is 45.5 Å². The Bertz CT molecular complexity index is 1660. The molecule has 13 nitrogen and oxygen atoms in total. The van der Waals surface area contributed by atoms with Crippen LogP contribution in [0.3, 0.4) is 0 Å². The molecule has 1 aliphatic rings. The molecule has 0 aliphatic carbocycles. The second-order valence-corrected chi connectivity index (χ2v) is 14.6. The summed E-state index contributed by atoms with van der Waals surface area (Å²) in [5, 5.41) is 23.8. The van der Waals surface area contributed by atoms with Crippen LogP contribution in [0.25, 0.3) is 26.6 Å². The van der Waals surface area contributed by atoms with E-state index in [1.54, 1.807) is 109 Å². The molecule has 1 aliphatic heterocycles. The number of hydrogen-bond acceptors (Lipinski definition) is 8. The average molecular weight is 873 g/mol. The molecule has 0 bridgehead atoms. The molecule has 0 amide bonds. The van der Waals surface area contributed by atoms with Crippen LogP contribution >= 0.6 is 20.2 Å². The predicted octanol–water partition coefficient (Wildman–Crippen LogP) is 8.15. The predicted molar refractivity (Wildman–Crippen MR) is 220 cm³/mol. The molecule has 58 heavy (non-hydrogen) atoms. The Labute approximate surface area is 353 Å². The van der Waals surface area contributed by atoms with Gasteiger partial charge >= 0.3 is 57.2 Å². The zero-order valence-corrected chi connectivity index (χ0v) is 34.3. The van der Waals surface area contributed by atoms with E-state index < -0.39 is 48.0 Å². The first kappa shape index (κ1) is 46.4. The van der Waals surface area contributed by atoms with Gasteiger partial charge in [0.1, 0.15) is 0 Å². The summed E-state index contributed by atoms with van der Waals surface area (Å²) in [5.74, 6) is -1.99. The number of nitrogens with zero attached hydrogens (tertiary/aromatic N) is 5. The van der Waals surface area contributed by atoms with E-state index in [9.17, 15) is 19.2 Å². The van der Waals surface area contributed by atoms with Gasteiger partial charge in [-0.25, -0.2) is 19.2 Å². The van der Waals surface area contributed by atoms with Crippen molar-refractivity contribution < 1.29 is 51.3 Å². The molecule has 1 saturated heterocycles. The van der Waals surface area contributed by atoms with Crippen molar-refractivity contribution in [1.82, 2.24) is 0 Å². The molecule has 0 aromatic heterocycles. The number of rotatable bonds is 12. The summed E-state index contributed by atoms with van der Waals surface area (Å²) in [4.78, 5) is 51.3. The van der Waals surface area contributed by atoms with E-state index in [1.807, 2.05) is 12.1 Å². The molecule has 0 unspecified atom stereocenters. The Morgan fingerprint density at radius 1 is 0.431 bits per heavy atom. The summed E-state index contributed by atoms with van der Waals surface area (Å²) >= 11 is 0.00694. The van der Waals surface area contributed by atoms with Crippen molar-refractivity contribution in [3.05, 3.63) is 170 Å². The second-order valence-electron chi connectivity index (χ2n) is 12.7. The van der Waals surface area contributed by atoms with Crippen LogP contribution in [0, 0.1) is 0 Å². The van der Waals surface area contributed by atoms with Crippen LogP contribution < -0.4 is 0 Å². The molecule has 4 aromatic rings. The van der Waals surface area contributed by atoms with Crippen LogP contribution in [0.15, 0.2) is 121 Å². The molecule has 1 fully saturated rings. The van der Waals surface area contributed by atoms with Crippen molar-refractivity contribution in [3.63, 3.8) is 0 Å². The molecule has 16 heteroatoms. The summed E-state index contributed by atoms with van der Waals surface area (Å²) < 4.78 is 22.6. The van der Waals surface area contributed by atoms with Crippen LogP contribution in [0.5, 0.6) is 0 Å². The molecular weight excluding hydrogens is 828 g/mol. The van der Waals surface area contributed by atoms with Gasteiger partial charge in [-0.05, 0) is 48.5 Å². The van der Waals surface area contributed by atoms with Gasteiger partial charge in [-0.15, -0.1) is 24.2 Å². The van der Waals surface area contributed by atoms with E-state index in [4.69, 9.17) is 60.4 Å². The van der Waals surface area contributed by atoms with E-state index >= 15 is 0 Å². The summed E-state index contributed by atoms with van der Waals surface area (Å²) in [5.41, 5.74) is 1.62. The van der Waals surface area contributed by atoms with E-state index in [1.165, 1.54) is 0 Å². The van der Waals surface area contributed by atoms with E-state index in [2.05, 4.69) is 5.32 Å². The van der Waals surface area contributed by atoms with Crippen molar-refractivity contribution >= 4 is 44.1 Å². The third-order valence-electron chi connectivity index (χ3n) is 8.37. The molecule has 1 heterocycles. The first-order valence-corrected chi connectivity index (χ1v) is 21.7. The molecule has 4 atom stereocenters. The molecule has 311 valence electrons. The van der Waals surface area contributed by atoms with Crippen LogP contribution in [0.1, 0.15) is 41.4 Å². The summed E-state index contributed by atoms with van der Waals surface area (Å²) in [7, 11) is 9.59. The van der Waals surface area contributed by atoms with Crippen LogP contribution in [0.4, 0.5) is 0 Å². The van der Waals surface area contributed by atoms with Crippen LogP contribution in [-0.4, -0.2) is 114 Å². The van der Waals surface area contributed by atoms with Gasteiger partial charge in [-0.1, -0.05) is 72.8 Å². The van der Waals surface area contributed by atoms with Crippen molar-refractivity contribution in [2.45, 2.75) is 24.2 Å². The van der Waals surface area contributed by atoms with Gasteiger partial charge in [-0.2, -0.15) is 39.3 Å². The Balaban J connectivity index is 0.00000240. The fourth-order valence-corrected chi connectivity index (χ4v) is 5.33. The average Bonchev–Trinajstić information content (AvgIpc) is 3.28. The SMILES string of the molecule is O=C(OC[C@H]1C[N-][C@H](COC(=O)c2ccccc2)C[N-][C@@H](COC(=O)c2ccccc2)C[N-][C@H](COC(=O)c2ccccc2)C[N-]CC[N-]1)c1ccccc1.[Cl][Mn][Cl]. The molecule has 0 N–H and O–H groups in total. The minimum absolute atomic E-state index is 0.00694. The zero-order chi connectivity index (χ0) is 41.2. The van der Waals surface area contributed by atoms with Gasteiger partial charge in [-0.3, -0.25) is 0 Å². The third kappa shape index (κ3) is 17.7. The molecular formula is C42H44Cl2MnN5O8-5. The van der Waals surface area contributed by atoms with Gasteiger partial charge in [0.15, 0.2) is 0 Å². The number of hydrogen-bond donors (Lipinski definition) is 0. The van der Waals surface area contributed by atoms with Crippen molar-refractivity contribution in [1.29, 1.82) is 0 Å². The quantitative estimate of drug-likeness (QED) is 0.0779. The fraction of sp³-hybridized carbons (Fsp3) is 0.333. The van der Waals surface area contributed by atoms with Crippen LogP contribution in [-0.2, 0) is 32.1 Å². The number of halogens is 2. The number of benzene rings is 4. The summed E-state index contributed by atoms with van der Waals surface area (Å²) in [6.45, 7) is 1.03. The maximum atomic E-state index is 12.9. The number of carbonyl (C=O) groups is 4. The zero-order valence-electron chi connectivity index (χ0n) is 31.6. The normalized spacial score (nSPS) is 19.1. The second kappa shape index (κ2) is 27.4. The number of ether oxygens (including phenoxy) is 4. The van der Waals surface area contributed by atoms with Crippen molar-refractivity contribution in [2.75, 3.05) is 65.7 Å². The van der Waals surface area contributed by atoms with Gasteiger partial charge in [0, 0.05) is 0 Å². The third-order valence-corrected chi connectivity index (χ3v) is 8.37. The maximum absolute atomic E-state index is 12.9. The number of carbonyl (C=O) groups excluding carboxylic acids is 4. The van der Waals surface area contributed by atoms with Gasteiger partial charge in [0.2, 0.25) is 0 Å². The Kier molecular flexibility index (Phi) is 21.9. The Morgan fingerprint density at radius 2 is 0.690 bits per heavy atom. The minimum atomic E-state index is -0.611. The standard InChI is InChI=1S/C42H44N5O8.2ClH.Mn/c48-39(31-13-5-1-6-14-31)52-27-35-23-43-21-22-44-36(28-53-40(49)32-15-7-2-8-16-32)24-46-38(30-55-42(51)34-19-11-4-12-20-34)26-47-37(25-45-35)29-54-41(50)33-17-9-3-10-18-33;;;/h1-20,35-38H,21-30H2;2*1H;/q-5;;;+2/p-2/t35-,36+,37+,38-;;;/m0.../s1. The topological polar surface area (TPSA) is 176 Å². The molecule has 5 rings (SSSR count). The van der Waals surface area contributed by atoms with Gasteiger partial charge in [0.25, 0.3) is 0 Å². The molecule has 0 spiro atoms. The summed E-state index contributed by atoms with van der Waals surface area (Å²) in [6, 6.07) is 32.3. The monoisotopic (exact) mass is 871 g/mol. The molecule has 0 saturated carbocycles. The Hall–Kier alpha value is -4.34. The Morgan fingerprint density at radius 3 is 0.983 bits per heavy atom. The first-order chi connectivity index (χ1) is 28.4. The van der Waals surface area contributed by atoms with Gasteiger partial charge in [0.05, 0.1) is 48.7 Å². The number of esters is 4. The first-order valence-electron chi connectivity index (χ1n) is 18.4. The van der Waals surface area contributed by atoms with Crippen molar-refractivity contribution in [3.8, 4) is 0 Å². The fourth-order valence-electron chi connectivity index (χ4n) is 5.33. The van der Waals surface area contributed by atoms with E-state index in [0.29, 0.717) is 35.3 Å². The van der Waals surface area contributed by atoms with E-state index in [-0.39, 0.29) is 65.7 Å². The van der Waals surface area contributed by atoms with Crippen molar-refractivity contribution in [2.24, 2.45) is 0 Å². The molecule has 4 aromatic carbocycles. The summed E-state index contributed by atoms with van der Waals surface area (Å²) in [6.07, 6.45) is 0. The molecule has 0 radical (unpaired) electrons. The van der Waals surface area contributed by atoms with Crippen LogP contribution in [0.2, 0.25) is 0 Å². The van der Waals surface area contributed by atoms with E-state index in [0.717, 1.165) is 0 Å².